The Morgan fingerprint density at radius 2 is 1.81 bits per heavy atom. The van der Waals surface area contributed by atoms with E-state index in [1.807, 2.05) is 42.5 Å². The number of amides is 1. The summed E-state index contributed by atoms with van der Waals surface area (Å²) in [6.07, 6.45) is 2.69. The molecule has 1 aromatic heterocycles. The Morgan fingerprint density at radius 3 is 2.71 bits per heavy atom. The van der Waals surface area contributed by atoms with Gasteiger partial charge in [0.1, 0.15) is 6.54 Å². The molecule has 158 valence electrons. The van der Waals surface area contributed by atoms with E-state index in [0.29, 0.717) is 37.0 Å². The van der Waals surface area contributed by atoms with E-state index in [1.165, 1.54) is 10.7 Å². The number of aromatic nitrogens is 2. The minimum atomic E-state index is -0.309. The lowest BCUT2D eigenvalue weighted by molar-refractivity contribution is -0.119. The van der Waals surface area contributed by atoms with Gasteiger partial charge in [-0.05, 0) is 48.7 Å². The number of para-hydroxylation sites is 1. The Bertz CT molecular complexity index is 1190. The molecule has 0 N–H and O–H groups in total. The van der Waals surface area contributed by atoms with E-state index < -0.39 is 0 Å². The molecule has 7 heteroatoms. The zero-order valence-electron chi connectivity index (χ0n) is 17.1. The van der Waals surface area contributed by atoms with Gasteiger partial charge in [-0.3, -0.25) is 9.59 Å². The van der Waals surface area contributed by atoms with E-state index in [2.05, 4.69) is 5.10 Å². The van der Waals surface area contributed by atoms with Crippen LogP contribution in [-0.4, -0.2) is 35.4 Å². The number of nitrogens with zero attached hydrogens (tertiary/aromatic N) is 3. The van der Waals surface area contributed by atoms with Gasteiger partial charge in [0.05, 0.1) is 18.9 Å². The molecule has 0 bridgehead atoms. The number of hydrogen-bond donors (Lipinski definition) is 0. The standard InChI is InChI=1S/C24H23N3O4/c28-23-11-9-19(18-8-10-21-22(15-18)31-14-4-13-30-21)25-27(23)16-24(29)26-12-3-6-17-5-1-2-7-20(17)26/h1-2,5,7-11,15H,3-4,6,12-14,16H2. The van der Waals surface area contributed by atoms with Crippen LogP contribution in [0.1, 0.15) is 18.4 Å². The zero-order chi connectivity index (χ0) is 21.2. The number of carbonyl (C=O) groups excluding carboxylic acids is 1. The monoisotopic (exact) mass is 417 g/mol. The lowest BCUT2D eigenvalue weighted by Crippen LogP contribution is -2.40. The van der Waals surface area contributed by atoms with Crippen LogP contribution in [-0.2, 0) is 17.8 Å². The minimum absolute atomic E-state index is 0.106. The Balaban J connectivity index is 1.42. The highest BCUT2D eigenvalue weighted by molar-refractivity contribution is 5.94. The van der Waals surface area contributed by atoms with Gasteiger partial charge in [0, 0.05) is 30.3 Å². The second kappa shape index (κ2) is 8.26. The molecular weight excluding hydrogens is 394 g/mol. The summed E-state index contributed by atoms with van der Waals surface area (Å²) in [7, 11) is 0. The van der Waals surface area contributed by atoms with Crippen molar-refractivity contribution in [2.24, 2.45) is 0 Å². The summed E-state index contributed by atoms with van der Waals surface area (Å²) in [4.78, 5) is 27.2. The van der Waals surface area contributed by atoms with Crippen molar-refractivity contribution in [3.8, 4) is 22.8 Å². The fourth-order valence-electron chi connectivity index (χ4n) is 4.04. The summed E-state index contributed by atoms with van der Waals surface area (Å²) in [5, 5.41) is 4.47. The van der Waals surface area contributed by atoms with Gasteiger partial charge in [0.25, 0.3) is 5.56 Å². The Labute approximate surface area is 179 Å². The largest absolute Gasteiger partial charge is 0.490 e. The first-order valence-electron chi connectivity index (χ1n) is 10.6. The zero-order valence-corrected chi connectivity index (χ0v) is 17.1. The molecule has 3 heterocycles. The van der Waals surface area contributed by atoms with Gasteiger partial charge in [-0.1, -0.05) is 18.2 Å². The Hall–Kier alpha value is -3.61. The molecule has 0 aliphatic carbocycles. The summed E-state index contributed by atoms with van der Waals surface area (Å²) in [6, 6.07) is 16.6. The van der Waals surface area contributed by atoms with Crippen LogP contribution in [0.15, 0.2) is 59.4 Å². The maximum Gasteiger partial charge on any atom is 0.267 e. The summed E-state index contributed by atoms with van der Waals surface area (Å²) in [5.74, 6) is 1.22. The number of benzene rings is 2. The molecule has 2 aromatic carbocycles. The second-order valence-electron chi connectivity index (χ2n) is 7.70. The maximum atomic E-state index is 13.0. The number of aryl methyl sites for hydroxylation is 1. The van der Waals surface area contributed by atoms with Crippen molar-refractivity contribution in [1.29, 1.82) is 0 Å². The van der Waals surface area contributed by atoms with Gasteiger partial charge in [-0.25, -0.2) is 4.68 Å². The molecule has 0 saturated heterocycles. The van der Waals surface area contributed by atoms with Gasteiger partial charge < -0.3 is 14.4 Å². The molecule has 3 aromatic rings. The van der Waals surface area contributed by atoms with Crippen LogP contribution >= 0.6 is 0 Å². The second-order valence-corrected chi connectivity index (χ2v) is 7.70. The third-order valence-electron chi connectivity index (χ3n) is 5.61. The number of rotatable bonds is 3. The SMILES string of the molecule is O=C(Cn1nc(-c2ccc3c(c2)OCCCO3)ccc1=O)N1CCCc2ccccc21. The highest BCUT2D eigenvalue weighted by Crippen LogP contribution is 2.33. The van der Waals surface area contributed by atoms with Gasteiger partial charge in [0.15, 0.2) is 11.5 Å². The quantitative estimate of drug-likeness (QED) is 0.655. The van der Waals surface area contributed by atoms with E-state index >= 15 is 0 Å². The number of anilines is 1. The Kier molecular flexibility index (Phi) is 5.16. The van der Waals surface area contributed by atoms with E-state index in [0.717, 1.165) is 36.1 Å². The van der Waals surface area contributed by atoms with Crippen LogP contribution in [0, 0.1) is 0 Å². The summed E-state index contributed by atoms with van der Waals surface area (Å²) >= 11 is 0. The minimum Gasteiger partial charge on any atom is -0.490 e. The van der Waals surface area contributed by atoms with Crippen LogP contribution in [0.2, 0.25) is 0 Å². The predicted molar refractivity (Wildman–Crippen MR) is 117 cm³/mol. The van der Waals surface area contributed by atoms with E-state index in [1.54, 1.807) is 11.0 Å². The molecule has 0 atom stereocenters. The van der Waals surface area contributed by atoms with Crippen molar-refractivity contribution in [2.45, 2.75) is 25.8 Å². The van der Waals surface area contributed by atoms with Crippen LogP contribution in [0.5, 0.6) is 11.5 Å². The van der Waals surface area contributed by atoms with Crippen LogP contribution in [0.3, 0.4) is 0 Å². The topological polar surface area (TPSA) is 73.7 Å². The average Bonchev–Trinajstić information content (AvgIpc) is 3.05. The fraction of sp³-hybridized carbons (Fsp3) is 0.292. The van der Waals surface area contributed by atoms with E-state index in [9.17, 15) is 9.59 Å². The molecule has 2 aliphatic heterocycles. The highest BCUT2D eigenvalue weighted by atomic mass is 16.5. The molecule has 0 saturated carbocycles. The van der Waals surface area contributed by atoms with Crippen molar-refractivity contribution in [3.05, 3.63) is 70.5 Å². The maximum absolute atomic E-state index is 13.0. The molecule has 0 fully saturated rings. The molecule has 31 heavy (non-hydrogen) atoms. The smallest absolute Gasteiger partial charge is 0.267 e. The molecule has 0 spiro atoms. The van der Waals surface area contributed by atoms with Crippen molar-refractivity contribution < 1.29 is 14.3 Å². The molecule has 1 amide bonds. The van der Waals surface area contributed by atoms with Crippen LogP contribution in [0.4, 0.5) is 5.69 Å². The van der Waals surface area contributed by atoms with Gasteiger partial charge >= 0.3 is 0 Å². The molecule has 5 rings (SSSR count). The van der Waals surface area contributed by atoms with E-state index in [-0.39, 0.29) is 18.0 Å². The van der Waals surface area contributed by atoms with Gasteiger partial charge in [-0.2, -0.15) is 5.10 Å². The first kappa shape index (κ1) is 19.4. The molecule has 7 nitrogen and oxygen atoms in total. The first-order valence-corrected chi connectivity index (χ1v) is 10.6. The lowest BCUT2D eigenvalue weighted by atomic mass is 10.0. The van der Waals surface area contributed by atoms with Crippen LogP contribution < -0.4 is 19.9 Å². The normalized spacial score (nSPS) is 15.2. The highest BCUT2D eigenvalue weighted by Gasteiger charge is 2.23. The number of fused-ring (bicyclic) bond motifs is 2. The van der Waals surface area contributed by atoms with Crippen molar-refractivity contribution >= 4 is 11.6 Å². The van der Waals surface area contributed by atoms with Crippen molar-refractivity contribution in [1.82, 2.24) is 9.78 Å². The van der Waals surface area contributed by atoms with Gasteiger partial charge in [0.2, 0.25) is 5.91 Å². The summed E-state index contributed by atoms with van der Waals surface area (Å²) in [6.45, 7) is 1.75. The third kappa shape index (κ3) is 3.91. The molecule has 2 aliphatic rings. The molecular formula is C24H23N3O4. The fourth-order valence-corrected chi connectivity index (χ4v) is 4.04. The van der Waals surface area contributed by atoms with Gasteiger partial charge in [-0.15, -0.1) is 0 Å². The molecule has 0 unspecified atom stereocenters. The number of carbonyl (C=O) groups is 1. The average molecular weight is 417 g/mol. The van der Waals surface area contributed by atoms with Crippen molar-refractivity contribution in [2.75, 3.05) is 24.7 Å². The predicted octanol–water partition coefficient (Wildman–Crippen LogP) is 3.05. The number of ether oxygens (including phenoxy) is 2. The van der Waals surface area contributed by atoms with E-state index in [4.69, 9.17) is 9.47 Å². The third-order valence-corrected chi connectivity index (χ3v) is 5.61. The summed E-state index contributed by atoms with van der Waals surface area (Å²) < 4.78 is 12.7. The summed E-state index contributed by atoms with van der Waals surface area (Å²) in [5.41, 5.74) is 3.17. The van der Waals surface area contributed by atoms with Crippen LogP contribution in [0.25, 0.3) is 11.3 Å². The Morgan fingerprint density at radius 1 is 0.968 bits per heavy atom. The number of hydrogen-bond acceptors (Lipinski definition) is 5. The molecule has 0 radical (unpaired) electrons. The van der Waals surface area contributed by atoms with Crippen molar-refractivity contribution in [3.63, 3.8) is 0 Å². The lowest BCUT2D eigenvalue weighted by Gasteiger charge is -2.29. The first-order chi connectivity index (χ1) is 15.2.